The predicted octanol–water partition coefficient (Wildman–Crippen LogP) is 1.50. The summed E-state index contributed by atoms with van der Waals surface area (Å²) in [4.78, 5) is 6.68. The van der Waals surface area contributed by atoms with Gasteiger partial charge in [-0.15, -0.1) is 0 Å². The van der Waals surface area contributed by atoms with Crippen molar-refractivity contribution in [2.24, 2.45) is 0 Å². The summed E-state index contributed by atoms with van der Waals surface area (Å²) in [6.07, 6.45) is 3.91. The number of hydrogen-bond acceptors (Lipinski definition) is 2. The van der Waals surface area contributed by atoms with Crippen LogP contribution >= 0.6 is 0 Å². The second-order valence-electron chi connectivity index (χ2n) is 4.15. The van der Waals surface area contributed by atoms with Crippen LogP contribution in [-0.2, 0) is 13.1 Å². The minimum atomic E-state index is 0.624. The van der Waals surface area contributed by atoms with Crippen molar-refractivity contribution in [2.45, 2.75) is 45.9 Å². The molecule has 0 unspecified atom stereocenters. The molecule has 0 amide bonds. The van der Waals surface area contributed by atoms with Crippen LogP contribution in [0.3, 0.4) is 0 Å². The van der Waals surface area contributed by atoms with Gasteiger partial charge in [0.25, 0.3) is 0 Å². The summed E-state index contributed by atoms with van der Waals surface area (Å²) in [6, 6.07) is 1.25. The van der Waals surface area contributed by atoms with E-state index in [2.05, 4.69) is 35.2 Å². The van der Waals surface area contributed by atoms with Crippen LogP contribution in [0.4, 0.5) is 0 Å². The Balaban J connectivity index is 2.22. The van der Waals surface area contributed by atoms with Crippen LogP contribution in [0.5, 0.6) is 0 Å². The van der Waals surface area contributed by atoms with Crippen LogP contribution in [0.25, 0.3) is 0 Å². The van der Waals surface area contributed by atoms with E-state index in [1.807, 2.05) is 12.5 Å². The van der Waals surface area contributed by atoms with Gasteiger partial charge in [-0.2, -0.15) is 0 Å². The molecular formula is C10H17N3. The van der Waals surface area contributed by atoms with Crippen molar-refractivity contribution in [3.63, 3.8) is 0 Å². The lowest BCUT2D eigenvalue weighted by Gasteiger charge is -2.37. The number of rotatable bonds is 1. The fraction of sp³-hybridized carbons (Fsp3) is 0.700. The summed E-state index contributed by atoms with van der Waals surface area (Å²) in [5.74, 6) is 0. The van der Waals surface area contributed by atoms with E-state index in [9.17, 15) is 0 Å². The molecule has 1 aliphatic heterocycles. The highest BCUT2D eigenvalue weighted by Crippen LogP contribution is 2.18. The van der Waals surface area contributed by atoms with E-state index in [1.165, 1.54) is 5.69 Å². The SMILES string of the molecule is CC(C)N1Cc2cncn2C[C@H]1C. The third kappa shape index (κ3) is 1.48. The first-order chi connectivity index (χ1) is 6.18. The van der Waals surface area contributed by atoms with Crippen LogP contribution in [-0.4, -0.2) is 26.5 Å². The lowest BCUT2D eigenvalue weighted by molar-refractivity contribution is 0.115. The van der Waals surface area contributed by atoms with Gasteiger partial charge in [-0.3, -0.25) is 4.90 Å². The Kier molecular flexibility index (Phi) is 2.12. The van der Waals surface area contributed by atoms with Gasteiger partial charge in [0.15, 0.2) is 0 Å². The Morgan fingerprint density at radius 2 is 2.31 bits per heavy atom. The highest BCUT2D eigenvalue weighted by molar-refractivity contribution is 5.02. The van der Waals surface area contributed by atoms with Crippen LogP contribution < -0.4 is 0 Å². The minimum absolute atomic E-state index is 0.624. The maximum atomic E-state index is 4.17. The fourth-order valence-electron chi connectivity index (χ4n) is 2.07. The van der Waals surface area contributed by atoms with Gasteiger partial charge in [0.1, 0.15) is 0 Å². The number of aromatic nitrogens is 2. The van der Waals surface area contributed by atoms with Crippen molar-refractivity contribution in [3.8, 4) is 0 Å². The Bertz CT molecular complexity index is 290. The largest absolute Gasteiger partial charge is 0.332 e. The van der Waals surface area contributed by atoms with Gasteiger partial charge in [-0.25, -0.2) is 4.98 Å². The van der Waals surface area contributed by atoms with Gasteiger partial charge >= 0.3 is 0 Å². The summed E-state index contributed by atoms with van der Waals surface area (Å²) in [6.45, 7) is 8.90. The van der Waals surface area contributed by atoms with E-state index in [0.29, 0.717) is 12.1 Å². The summed E-state index contributed by atoms with van der Waals surface area (Å²) < 4.78 is 2.25. The Hall–Kier alpha value is -0.830. The van der Waals surface area contributed by atoms with Crippen LogP contribution in [0, 0.1) is 0 Å². The van der Waals surface area contributed by atoms with Crippen molar-refractivity contribution >= 4 is 0 Å². The van der Waals surface area contributed by atoms with Gasteiger partial charge in [-0.1, -0.05) is 0 Å². The first-order valence-corrected chi connectivity index (χ1v) is 4.93. The monoisotopic (exact) mass is 179 g/mol. The van der Waals surface area contributed by atoms with Crippen molar-refractivity contribution < 1.29 is 0 Å². The van der Waals surface area contributed by atoms with Gasteiger partial charge < -0.3 is 4.57 Å². The molecule has 0 saturated heterocycles. The molecular weight excluding hydrogens is 162 g/mol. The van der Waals surface area contributed by atoms with Crippen molar-refractivity contribution in [1.29, 1.82) is 0 Å². The quantitative estimate of drug-likeness (QED) is 0.651. The molecule has 1 aliphatic rings. The fourth-order valence-corrected chi connectivity index (χ4v) is 2.07. The molecule has 0 aromatic carbocycles. The molecule has 1 aromatic rings. The standard InChI is InChI=1S/C10H17N3/c1-8(2)13-6-10-4-11-7-12(10)5-9(13)3/h4,7-9H,5-6H2,1-3H3/t9-/m1/s1. The average Bonchev–Trinajstić information content (AvgIpc) is 2.48. The molecule has 72 valence electrons. The number of fused-ring (bicyclic) bond motifs is 1. The van der Waals surface area contributed by atoms with Crippen molar-refractivity contribution in [2.75, 3.05) is 0 Å². The molecule has 2 rings (SSSR count). The highest BCUT2D eigenvalue weighted by Gasteiger charge is 2.24. The predicted molar refractivity (Wildman–Crippen MR) is 52.4 cm³/mol. The van der Waals surface area contributed by atoms with Gasteiger partial charge in [0, 0.05) is 31.4 Å². The summed E-state index contributed by atoms with van der Waals surface area (Å²) in [7, 11) is 0. The number of hydrogen-bond donors (Lipinski definition) is 0. The van der Waals surface area contributed by atoms with E-state index in [4.69, 9.17) is 0 Å². The van der Waals surface area contributed by atoms with Crippen molar-refractivity contribution in [1.82, 2.24) is 14.5 Å². The van der Waals surface area contributed by atoms with Crippen molar-refractivity contribution in [3.05, 3.63) is 18.2 Å². The first-order valence-electron chi connectivity index (χ1n) is 4.93. The molecule has 3 nitrogen and oxygen atoms in total. The smallest absolute Gasteiger partial charge is 0.0949 e. The zero-order valence-corrected chi connectivity index (χ0v) is 8.57. The highest BCUT2D eigenvalue weighted by atomic mass is 15.3. The molecule has 0 bridgehead atoms. The summed E-state index contributed by atoms with van der Waals surface area (Å²) in [5.41, 5.74) is 1.34. The lowest BCUT2D eigenvalue weighted by Crippen LogP contribution is -2.44. The molecule has 0 N–H and O–H groups in total. The molecule has 0 fully saturated rings. The van der Waals surface area contributed by atoms with E-state index < -0.39 is 0 Å². The number of nitrogens with zero attached hydrogens (tertiary/aromatic N) is 3. The van der Waals surface area contributed by atoms with E-state index in [-0.39, 0.29) is 0 Å². The molecule has 1 aromatic heterocycles. The normalized spacial score (nSPS) is 23.5. The average molecular weight is 179 g/mol. The van der Waals surface area contributed by atoms with Gasteiger partial charge in [-0.05, 0) is 20.8 Å². The Labute approximate surface area is 79.4 Å². The topological polar surface area (TPSA) is 21.1 Å². The van der Waals surface area contributed by atoms with Crippen LogP contribution in [0.15, 0.2) is 12.5 Å². The molecule has 13 heavy (non-hydrogen) atoms. The van der Waals surface area contributed by atoms with Gasteiger partial charge in [0.2, 0.25) is 0 Å². The van der Waals surface area contributed by atoms with Gasteiger partial charge in [0.05, 0.1) is 12.0 Å². The third-order valence-electron chi connectivity index (χ3n) is 2.83. The Morgan fingerprint density at radius 1 is 1.54 bits per heavy atom. The minimum Gasteiger partial charge on any atom is -0.332 e. The molecule has 0 aliphatic carbocycles. The number of imidazole rings is 1. The maximum absolute atomic E-state index is 4.17. The lowest BCUT2D eigenvalue weighted by atomic mass is 10.1. The van der Waals surface area contributed by atoms with E-state index >= 15 is 0 Å². The van der Waals surface area contributed by atoms with Crippen LogP contribution in [0.2, 0.25) is 0 Å². The molecule has 0 spiro atoms. The third-order valence-corrected chi connectivity index (χ3v) is 2.83. The Morgan fingerprint density at radius 3 is 3.00 bits per heavy atom. The molecule has 0 radical (unpaired) electrons. The first kappa shape index (κ1) is 8.75. The second-order valence-corrected chi connectivity index (χ2v) is 4.15. The summed E-state index contributed by atoms with van der Waals surface area (Å²) >= 11 is 0. The zero-order chi connectivity index (χ0) is 9.42. The van der Waals surface area contributed by atoms with E-state index in [1.54, 1.807) is 0 Å². The second kappa shape index (κ2) is 3.14. The molecule has 0 saturated carbocycles. The maximum Gasteiger partial charge on any atom is 0.0949 e. The summed E-state index contributed by atoms with van der Waals surface area (Å²) in [5, 5.41) is 0. The molecule has 3 heteroatoms. The zero-order valence-electron chi connectivity index (χ0n) is 8.57. The van der Waals surface area contributed by atoms with Crippen LogP contribution in [0.1, 0.15) is 26.5 Å². The molecule has 2 heterocycles. The molecule has 1 atom stereocenters. The van der Waals surface area contributed by atoms with E-state index in [0.717, 1.165) is 13.1 Å².